The predicted molar refractivity (Wildman–Crippen MR) is 266 cm³/mol. The number of hydrogen-bond acceptors (Lipinski definition) is 2. The Balaban J connectivity index is 1.30. The number of imidazole rings is 1. The summed E-state index contributed by atoms with van der Waals surface area (Å²) >= 11 is 0. The van der Waals surface area contributed by atoms with Crippen molar-refractivity contribution in [2.24, 2.45) is 0 Å². The number of anilines is 2. The average Bonchev–Trinajstić information content (AvgIpc) is 3.90. The Hall–Kier alpha value is -7.96. The molecule has 8 aromatic carbocycles. The van der Waals surface area contributed by atoms with Crippen LogP contribution in [-0.4, -0.2) is 21.1 Å². The summed E-state index contributed by atoms with van der Waals surface area (Å²) < 4.78 is 6.88. The Morgan fingerprint density at radius 1 is 0.516 bits per heavy atom. The van der Waals surface area contributed by atoms with Crippen molar-refractivity contribution in [1.29, 1.82) is 0 Å². The van der Waals surface area contributed by atoms with E-state index in [0.29, 0.717) is 0 Å². The van der Waals surface area contributed by atoms with Crippen LogP contribution in [0.4, 0.5) is 11.5 Å². The molecule has 0 saturated carbocycles. The van der Waals surface area contributed by atoms with Crippen molar-refractivity contribution in [3.05, 3.63) is 236 Å². The summed E-state index contributed by atoms with van der Waals surface area (Å²) in [5, 5.41) is 2.40. The summed E-state index contributed by atoms with van der Waals surface area (Å²) in [7, 11) is 0. The number of aromatic nitrogens is 4. The van der Waals surface area contributed by atoms with Gasteiger partial charge in [0.05, 0.1) is 22.2 Å². The maximum atomic E-state index is 5.84. The van der Waals surface area contributed by atoms with Crippen LogP contribution >= 0.6 is 0 Å². The first-order valence-corrected chi connectivity index (χ1v) is 22.0. The fraction of sp³-hybridized carbons (Fsp3) is 0.0690. The number of para-hydroxylation sites is 6. The molecule has 0 radical (unpaired) electrons. The molecule has 0 N–H and O–H groups in total. The lowest BCUT2D eigenvalue weighted by Gasteiger charge is -2.33. The smallest absolute Gasteiger partial charge is 0.355 e. The first-order valence-electron chi connectivity index (χ1n) is 22.0. The summed E-state index contributed by atoms with van der Waals surface area (Å²) in [5.41, 5.74) is 12.9. The standard InChI is InChI=1S/C58H46BN5/c1-58(2,3)44-39-55(63-51-35-18-16-31-49(51)50-32-17-19-36-52(50)63)60-56(40-44)64(46-29-14-7-15-30-46)59(62-41-61(45-27-12-6-13-28-45)53-37-20-21-38-54(53)62)57-47(42-23-8-4-9-24-42)33-22-34-48(57)43-25-10-5-11-26-43/h4-40H,1-3H3. The molecule has 11 rings (SSSR count). The Morgan fingerprint density at radius 3 is 1.59 bits per heavy atom. The van der Waals surface area contributed by atoms with Crippen molar-refractivity contribution >= 4 is 56.8 Å². The van der Waals surface area contributed by atoms with E-state index in [4.69, 9.17) is 4.98 Å². The van der Waals surface area contributed by atoms with Crippen LogP contribution < -0.4 is 14.8 Å². The number of fused-ring (bicyclic) bond motifs is 4. The fourth-order valence-electron chi connectivity index (χ4n) is 9.32. The highest BCUT2D eigenvalue weighted by Crippen LogP contribution is 2.37. The number of hydrogen-bond donors (Lipinski definition) is 0. The van der Waals surface area contributed by atoms with Gasteiger partial charge in [0.2, 0.25) is 6.33 Å². The second-order valence-electron chi connectivity index (χ2n) is 17.4. The zero-order valence-electron chi connectivity index (χ0n) is 36.2. The SMILES string of the molecule is CC(C)(C)c1cc(N(B(c2c(-c3ccccc3)cccc2-c2ccccc2)[n+]2[c-]n(-c3ccccc3)c3ccccc32)c2ccccc2)nc(-n2c3ccccc3c3ccccc32)c1. The minimum Gasteiger partial charge on any atom is -0.355 e. The third-order valence-corrected chi connectivity index (χ3v) is 12.4. The van der Waals surface area contributed by atoms with Gasteiger partial charge in [-0.25, -0.2) is 4.98 Å². The van der Waals surface area contributed by atoms with E-state index in [2.05, 4.69) is 270 Å². The molecule has 3 aromatic heterocycles. The number of rotatable bonds is 9. The van der Waals surface area contributed by atoms with E-state index in [-0.39, 0.29) is 5.41 Å². The molecule has 0 aliphatic heterocycles. The Kier molecular flexibility index (Phi) is 9.77. The van der Waals surface area contributed by atoms with Crippen LogP contribution in [0.15, 0.2) is 224 Å². The van der Waals surface area contributed by atoms with Crippen LogP contribution in [-0.2, 0) is 5.41 Å². The van der Waals surface area contributed by atoms with Crippen molar-refractivity contribution in [3.8, 4) is 33.8 Å². The minimum absolute atomic E-state index is 0.219. The summed E-state index contributed by atoms with van der Waals surface area (Å²) in [4.78, 5) is 8.29. The number of benzene rings is 8. The van der Waals surface area contributed by atoms with Crippen LogP contribution in [0, 0.1) is 6.33 Å². The van der Waals surface area contributed by atoms with Crippen molar-refractivity contribution < 1.29 is 4.48 Å². The van der Waals surface area contributed by atoms with Crippen LogP contribution in [0.1, 0.15) is 26.3 Å². The minimum atomic E-state index is -0.516. The van der Waals surface area contributed by atoms with E-state index in [1.54, 1.807) is 0 Å². The largest absolute Gasteiger partial charge is 0.526 e. The second kappa shape index (κ2) is 16.1. The van der Waals surface area contributed by atoms with Gasteiger partial charge in [-0.2, -0.15) is 0 Å². The molecule has 306 valence electrons. The molecule has 11 aromatic rings. The van der Waals surface area contributed by atoms with Gasteiger partial charge in [-0.15, -0.1) is 0 Å². The molecule has 3 heterocycles. The Bertz CT molecular complexity index is 3310. The molecule has 0 amide bonds. The highest BCUT2D eigenvalue weighted by molar-refractivity contribution is 6.73. The molecule has 0 spiro atoms. The Labute approximate surface area is 374 Å². The highest BCUT2D eigenvalue weighted by Gasteiger charge is 2.41. The van der Waals surface area contributed by atoms with Crippen LogP contribution in [0.25, 0.3) is 66.6 Å². The molecule has 0 atom stereocenters. The van der Waals surface area contributed by atoms with Crippen LogP contribution in [0.3, 0.4) is 0 Å². The quantitative estimate of drug-likeness (QED) is 0.107. The third kappa shape index (κ3) is 6.85. The average molecular weight is 824 g/mol. The van der Waals surface area contributed by atoms with Gasteiger partial charge in [-0.1, -0.05) is 209 Å². The maximum Gasteiger partial charge on any atom is 0.526 e. The van der Waals surface area contributed by atoms with Crippen molar-refractivity contribution in [1.82, 2.24) is 14.1 Å². The lowest BCUT2D eigenvalue weighted by Crippen LogP contribution is -2.68. The van der Waals surface area contributed by atoms with E-state index in [0.717, 1.165) is 72.8 Å². The molecular weight excluding hydrogens is 777 g/mol. The summed E-state index contributed by atoms with van der Waals surface area (Å²) in [6.07, 6.45) is 3.98. The normalized spacial score (nSPS) is 11.7. The van der Waals surface area contributed by atoms with Crippen molar-refractivity contribution in [2.45, 2.75) is 26.2 Å². The first-order chi connectivity index (χ1) is 31.4. The molecule has 6 heteroatoms. The fourth-order valence-corrected chi connectivity index (χ4v) is 9.32. The van der Waals surface area contributed by atoms with Gasteiger partial charge in [0.25, 0.3) is 0 Å². The monoisotopic (exact) mass is 823 g/mol. The zero-order valence-corrected chi connectivity index (χ0v) is 36.2. The Morgan fingerprint density at radius 2 is 1.02 bits per heavy atom. The van der Waals surface area contributed by atoms with Crippen molar-refractivity contribution in [2.75, 3.05) is 4.81 Å². The summed E-state index contributed by atoms with van der Waals surface area (Å²) in [5.74, 6) is 1.68. The van der Waals surface area contributed by atoms with Gasteiger partial charge >= 0.3 is 6.98 Å². The van der Waals surface area contributed by atoms with Gasteiger partial charge in [0.1, 0.15) is 11.6 Å². The molecule has 64 heavy (non-hydrogen) atoms. The molecule has 0 aliphatic carbocycles. The molecular formula is C58H46BN5. The van der Waals surface area contributed by atoms with Gasteiger partial charge in [0.15, 0.2) is 0 Å². The molecule has 5 nitrogen and oxygen atoms in total. The van der Waals surface area contributed by atoms with E-state index < -0.39 is 6.98 Å². The topological polar surface area (TPSA) is 29.9 Å². The van der Waals surface area contributed by atoms with E-state index in [1.807, 2.05) is 0 Å². The lowest BCUT2D eigenvalue weighted by molar-refractivity contribution is -0.511. The van der Waals surface area contributed by atoms with E-state index >= 15 is 0 Å². The van der Waals surface area contributed by atoms with Crippen LogP contribution in [0.2, 0.25) is 0 Å². The maximum absolute atomic E-state index is 5.84. The van der Waals surface area contributed by atoms with Gasteiger partial charge in [0, 0.05) is 27.4 Å². The van der Waals surface area contributed by atoms with Gasteiger partial charge < -0.3 is 13.9 Å². The molecule has 0 unspecified atom stereocenters. The molecule has 0 bridgehead atoms. The highest BCUT2D eigenvalue weighted by atomic mass is 15.3. The van der Waals surface area contributed by atoms with Crippen LogP contribution in [0.5, 0.6) is 0 Å². The van der Waals surface area contributed by atoms with Crippen molar-refractivity contribution in [3.63, 3.8) is 0 Å². The first kappa shape index (κ1) is 38.9. The summed E-state index contributed by atoms with van der Waals surface area (Å²) in [6, 6.07) is 80.2. The summed E-state index contributed by atoms with van der Waals surface area (Å²) in [6.45, 7) is 6.36. The lowest BCUT2D eigenvalue weighted by atomic mass is 9.59. The van der Waals surface area contributed by atoms with E-state index in [9.17, 15) is 0 Å². The van der Waals surface area contributed by atoms with Gasteiger partial charge in [-0.3, -0.25) is 4.57 Å². The molecule has 0 aliphatic rings. The predicted octanol–water partition coefficient (Wildman–Crippen LogP) is 12.9. The molecule has 0 saturated heterocycles. The van der Waals surface area contributed by atoms with E-state index in [1.165, 1.54) is 16.3 Å². The van der Waals surface area contributed by atoms with Gasteiger partial charge in [-0.05, 0) is 69.6 Å². The number of pyridine rings is 1. The second-order valence-corrected chi connectivity index (χ2v) is 17.4. The molecule has 0 fully saturated rings. The number of nitrogens with zero attached hydrogens (tertiary/aromatic N) is 5. The third-order valence-electron chi connectivity index (χ3n) is 12.4. The zero-order chi connectivity index (χ0) is 43.2.